The van der Waals surface area contributed by atoms with E-state index in [0.717, 1.165) is 77.4 Å². The topological polar surface area (TPSA) is 24.7 Å². The molecule has 2 nitrogen and oxygen atoms in total. The van der Waals surface area contributed by atoms with Crippen LogP contribution in [0.1, 0.15) is 22.3 Å². The summed E-state index contributed by atoms with van der Waals surface area (Å²) in [7, 11) is 0. The van der Waals surface area contributed by atoms with Gasteiger partial charge in [-0.05, 0) is 111 Å². The van der Waals surface area contributed by atoms with E-state index in [9.17, 15) is 0 Å². The molecule has 64 heavy (non-hydrogen) atoms. The second-order valence-electron chi connectivity index (χ2n) is 16.8. The monoisotopic (exact) mass is 810 g/mol. The van der Waals surface area contributed by atoms with Gasteiger partial charge in [0.1, 0.15) is 0 Å². The first-order valence-corrected chi connectivity index (χ1v) is 22.0. The van der Waals surface area contributed by atoms with Crippen molar-refractivity contribution in [3.8, 4) is 22.3 Å². The Labute approximate surface area is 370 Å². The summed E-state index contributed by atoms with van der Waals surface area (Å²) >= 11 is 0. The van der Waals surface area contributed by atoms with Crippen molar-refractivity contribution >= 4 is 87.4 Å². The minimum atomic E-state index is 0.885. The van der Waals surface area contributed by atoms with Crippen LogP contribution in [0.5, 0.6) is 0 Å². The van der Waals surface area contributed by atoms with E-state index in [1.54, 1.807) is 0 Å². The van der Waals surface area contributed by atoms with Gasteiger partial charge >= 0.3 is 0 Å². The van der Waals surface area contributed by atoms with Gasteiger partial charge in [0.15, 0.2) is 0 Å². The minimum Gasteiger partial charge on any atom is -0.247 e. The molecule has 296 valence electrons. The van der Waals surface area contributed by atoms with Crippen molar-refractivity contribution in [3.05, 3.63) is 253 Å². The SMILES string of the molecule is c1ccc2cc3c(cc2c1)N=C(c1cccc2c(-c4cccc5ccccc45)cccc12)c1cc2ccccc2cc1N=C3c1cccc2c(-c3cccc4ccccc34)cccc12. The smallest absolute Gasteiger partial charge is 0.0809 e. The van der Waals surface area contributed by atoms with Gasteiger partial charge in [0.2, 0.25) is 0 Å². The van der Waals surface area contributed by atoms with Gasteiger partial charge in [-0.3, -0.25) is 0 Å². The van der Waals surface area contributed by atoms with Crippen molar-refractivity contribution in [2.45, 2.75) is 0 Å². The lowest BCUT2D eigenvalue weighted by atomic mass is 9.87. The van der Waals surface area contributed by atoms with Crippen LogP contribution in [-0.4, -0.2) is 11.4 Å². The van der Waals surface area contributed by atoms with Gasteiger partial charge in [-0.2, -0.15) is 0 Å². The van der Waals surface area contributed by atoms with Crippen LogP contribution in [0.25, 0.3) is 86.9 Å². The molecule has 12 aromatic carbocycles. The van der Waals surface area contributed by atoms with E-state index in [1.165, 1.54) is 54.6 Å². The molecular formula is C62H38N2. The van der Waals surface area contributed by atoms with Crippen LogP contribution in [0.2, 0.25) is 0 Å². The minimum absolute atomic E-state index is 0.885. The molecular weight excluding hydrogens is 773 g/mol. The van der Waals surface area contributed by atoms with E-state index in [-0.39, 0.29) is 0 Å². The molecule has 0 bridgehead atoms. The zero-order chi connectivity index (χ0) is 42.1. The number of aliphatic imine (C=N–C) groups is 2. The molecule has 0 spiro atoms. The van der Waals surface area contributed by atoms with E-state index in [2.05, 4.69) is 231 Å². The van der Waals surface area contributed by atoms with Gasteiger partial charge in [-0.1, -0.05) is 206 Å². The van der Waals surface area contributed by atoms with Gasteiger partial charge in [0.05, 0.1) is 22.8 Å². The average molecular weight is 811 g/mol. The second-order valence-corrected chi connectivity index (χ2v) is 16.8. The Morgan fingerprint density at radius 1 is 0.188 bits per heavy atom. The second kappa shape index (κ2) is 14.6. The first kappa shape index (κ1) is 36.2. The van der Waals surface area contributed by atoms with Gasteiger partial charge < -0.3 is 0 Å². The van der Waals surface area contributed by atoms with Crippen molar-refractivity contribution < 1.29 is 0 Å². The van der Waals surface area contributed by atoms with Gasteiger partial charge in [-0.25, -0.2) is 9.98 Å². The van der Waals surface area contributed by atoms with E-state index < -0.39 is 0 Å². The quantitative estimate of drug-likeness (QED) is 0.169. The molecule has 0 fully saturated rings. The fraction of sp³-hybridized carbons (Fsp3) is 0. The largest absolute Gasteiger partial charge is 0.247 e. The zero-order valence-electron chi connectivity index (χ0n) is 34.8. The number of nitrogens with zero attached hydrogens (tertiary/aromatic N) is 2. The molecule has 0 amide bonds. The number of fused-ring (bicyclic) bond motifs is 8. The standard InChI is InChI=1S/C62H38N2/c1-3-19-43-37-59-57(35-41(43)17-1)61(55-33-13-29-51-49(27-11-31-53(51)55)47-25-9-21-39-15-5-7-23-45(39)47)64-60-38-44-20-4-2-18-42(44)36-58(60)62(63-59)56-34-14-30-52-50(28-12-32-54(52)56)48-26-10-22-40-16-6-8-24-46(40)48/h1-38H. The summed E-state index contributed by atoms with van der Waals surface area (Å²) in [4.78, 5) is 11.7. The molecule has 0 saturated heterocycles. The molecule has 0 atom stereocenters. The van der Waals surface area contributed by atoms with Crippen molar-refractivity contribution in [2.75, 3.05) is 0 Å². The van der Waals surface area contributed by atoms with Gasteiger partial charge in [-0.15, -0.1) is 0 Å². The van der Waals surface area contributed by atoms with Gasteiger partial charge in [0.25, 0.3) is 0 Å². The predicted molar refractivity (Wildman–Crippen MR) is 272 cm³/mol. The first-order chi connectivity index (χ1) is 31.7. The third-order valence-electron chi connectivity index (χ3n) is 13.2. The van der Waals surface area contributed by atoms with Crippen LogP contribution < -0.4 is 0 Å². The highest BCUT2D eigenvalue weighted by Gasteiger charge is 2.25. The fourth-order valence-corrected chi connectivity index (χ4v) is 10.2. The van der Waals surface area contributed by atoms with E-state index in [1.807, 2.05) is 0 Å². The molecule has 13 rings (SSSR count). The normalized spacial score (nSPS) is 12.6. The van der Waals surface area contributed by atoms with Crippen molar-refractivity contribution in [1.82, 2.24) is 0 Å². The first-order valence-electron chi connectivity index (χ1n) is 22.0. The highest BCUT2D eigenvalue weighted by Crippen LogP contribution is 2.42. The fourth-order valence-electron chi connectivity index (χ4n) is 10.2. The Morgan fingerprint density at radius 2 is 0.453 bits per heavy atom. The van der Waals surface area contributed by atoms with E-state index in [0.29, 0.717) is 0 Å². The molecule has 0 unspecified atom stereocenters. The predicted octanol–water partition coefficient (Wildman–Crippen LogP) is 16.6. The Kier molecular flexibility index (Phi) is 8.25. The van der Waals surface area contributed by atoms with E-state index >= 15 is 0 Å². The van der Waals surface area contributed by atoms with Crippen molar-refractivity contribution in [3.63, 3.8) is 0 Å². The van der Waals surface area contributed by atoms with Crippen LogP contribution in [-0.2, 0) is 0 Å². The summed E-state index contributed by atoms with van der Waals surface area (Å²) in [6, 6.07) is 83.6. The summed E-state index contributed by atoms with van der Waals surface area (Å²) in [5, 5.41) is 14.2. The lowest BCUT2D eigenvalue weighted by Crippen LogP contribution is -2.11. The Balaban J connectivity index is 1.10. The highest BCUT2D eigenvalue weighted by molar-refractivity contribution is 6.29. The summed E-state index contributed by atoms with van der Waals surface area (Å²) < 4.78 is 0. The summed E-state index contributed by atoms with van der Waals surface area (Å²) in [5.74, 6) is 0. The molecule has 0 N–H and O–H groups in total. The molecule has 0 radical (unpaired) electrons. The van der Waals surface area contributed by atoms with Crippen LogP contribution in [0.3, 0.4) is 0 Å². The molecule has 0 aromatic heterocycles. The maximum Gasteiger partial charge on any atom is 0.0809 e. The number of benzene rings is 12. The Morgan fingerprint density at radius 3 is 0.859 bits per heavy atom. The molecule has 1 aliphatic rings. The summed E-state index contributed by atoms with van der Waals surface area (Å²) in [5.41, 5.74) is 12.5. The van der Waals surface area contributed by atoms with Crippen LogP contribution >= 0.6 is 0 Å². The number of hydrogen-bond acceptors (Lipinski definition) is 2. The van der Waals surface area contributed by atoms with Gasteiger partial charge in [0, 0.05) is 22.3 Å². The Bertz CT molecular complexity index is 3690. The molecule has 1 aliphatic heterocycles. The van der Waals surface area contributed by atoms with Crippen molar-refractivity contribution in [2.24, 2.45) is 9.98 Å². The third kappa shape index (κ3) is 5.81. The molecule has 0 saturated carbocycles. The van der Waals surface area contributed by atoms with Crippen LogP contribution in [0, 0.1) is 0 Å². The number of hydrogen-bond donors (Lipinski definition) is 0. The third-order valence-corrected chi connectivity index (χ3v) is 13.2. The zero-order valence-corrected chi connectivity index (χ0v) is 34.8. The maximum atomic E-state index is 5.86. The van der Waals surface area contributed by atoms with Crippen molar-refractivity contribution in [1.29, 1.82) is 0 Å². The molecule has 12 aromatic rings. The molecule has 0 aliphatic carbocycles. The van der Waals surface area contributed by atoms with E-state index in [4.69, 9.17) is 9.98 Å². The average Bonchev–Trinajstić information content (AvgIpc) is 3.35. The van der Waals surface area contributed by atoms with Crippen LogP contribution in [0.15, 0.2) is 241 Å². The maximum absolute atomic E-state index is 5.86. The molecule has 2 heteroatoms. The highest BCUT2D eigenvalue weighted by atomic mass is 14.8. The molecule has 1 heterocycles. The summed E-state index contributed by atoms with van der Waals surface area (Å²) in [6.07, 6.45) is 0. The number of rotatable bonds is 4. The lowest BCUT2D eigenvalue weighted by Gasteiger charge is -2.21. The van der Waals surface area contributed by atoms with Crippen LogP contribution in [0.4, 0.5) is 11.4 Å². The summed E-state index contributed by atoms with van der Waals surface area (Å²) in [6.45, 7) is 0. The lowest BCUT2D eigenvalue weighted by molar-refractivity contribution is 1.42. The Hall–Kier alpha value is -8.46.